The number of thioether (sulfide) groups is 1. The molecule has 1 N–H and O–H groups in total. The number of likely N-dealkylation sites (tertiary alicyclic amines) is 1. The van der Waals surface area contributed by atoms with Crippen LogP contribution in [-0.4, -0.2) is 38.6 Å². The van der Waals surface area contributed by atoms with Crippen molar-refractivity contribution in [2.24, 2.45) is 0 Å². The Bertz CT molecular complexity index is 936. The molecule has 1 fully saturated rings. The van der Waals surface area contributed by atoms with Gasteiger partial charge in [-0.1, -0.05) is 12.1 Å². The highest BCUT2D eigenvalue weighted by Gasteiger charge is 2.23. The number of carbonyl (C=O) groups is 1. The van der Waals surface area contributed by atoms with Crippen molar-refractivity contribution >= 4 is 33.4 Å². The smallest absolute Gasteiger partial charge is 0.261 e. The summed E-state index contributed by atoms with van der Waals surface area (Å²) in [5, 5.41) is 0. The van der Waals surface area contributed by atoms with Gasteiger partial charge in [-0.25, -0.2) is 8.42 Å². The Balaban J connectivity index is 1.88. The zero-order valence-corrected chi connectivity index (χ0v) is 17.2. The summed E-state index contributed by atoms with van der Waals surface area (Å²) in [6.07, 6.45) is 5.06. The van der Waals surface area contributed by atoms with Gasteiger partial charge in [-0.2, -0.15) is 0 Å². The molecule has 2 aromatic rings. The molecule has 0 aliphatic carbocycles. The first-order valence-electron chi connectivity index (χ1n) is 8.97. The molecule has 0 spiro atoms. The van der Waals surface area contributed by atoms with E-state index in [-0.39, 0.29) is 10.8 Å². The number of sulfonamides is 1. The van der Waals surface area contributed by atoms with Crippen molar-refractivity contribution < 1.29 is 13.2 Å². The summed E-state index contributed by atoms with van der Waals surface area (Å²) in [7, 11) is -3.77. The minimum absolute atomic E-state index is 0.0892. The van der Waals surface area contributed by atoms with E-state index in [1.165, 1.54) is 6.07 Å². The van der Waals surface area contributed by atoms with Crippen molar-refractivity contribution in [3.63, 3.8) is 0 Å². The lowest BCUT2D eigenvalue weighted by Gasteiger charge is -2.27. The summed E-state index contributed by atoms with van der Waals surface area (Å²) in [4.78, 5) is 15.7. The molecule has 0 atom stereocenters. The van der Waals surface area contributed by atoms with Gasteiger partial charge in [0.05, 0.1) is 4.90 Å². The average molecular weight is 405 g/mol. The standard InChI is InChI=1S/C20H24N2O3S2/c1-15-9-10-18(14-19(15)20(23)22-11-4-3-5-12-22)27(24,25)21-16-7-6-8-17(13-16)26-2/h6-10,13-14,21H,3-5,11-12H2,1-2H3. The van der Waals surface area contributed by atoms with Crippen molar-refractivity contribution in [1.29, 1.82) is 0 Å². The van der Waals surface area contributed by atoms with E-state index in [0.29, 0.717) is 11.3 Å². The topological polar surface area (TPSA) is 66.5 Å². The van der Waals surface area contributed by atoms with Crippen molar-refractivity contribution in [2.75, 3.05) is 24.1 Å². The minimum Gasteiger partial charge on any atom is -0.339 e. The van der Waals surface area contributed by atoms with Gasteiger partial charge in [0.1, 0.15) is 0 Å². The number of anilines is 1. The average Bonchev–Trinajstić information content (AvgIpc) is 2.68. The second kappa shape index (κ2) is 8.35. The fraction of sp³-hybridized carbons (Fsp3) is 0.350. The molecule has 1 amide bonds. The van der Waals surface area contributed by atoms with Gasteiger partial charge >= 0.3 is 0 Å². The maximum atomic E-state index is 12.8. The number of hydrogen-bond donors (Lipinski definition) is 1. The first kappa shape index (κ1) is 19.8. The van der Waals surface area contributed by atoms with E-state index >= 15 is 0 Å². The number of nitrogens with zero attached hydrogens (tertiary/aromatic N) is 1. The van der Waals surface area contributed by atoms with E-state index in [1.807, 2.05) is 30.2 Å². The van der Waals surface area contributed by atoms with Crippen molar-refractivity contribution in [1.82, 2.24) is 4.90 Å². The fourth-order valence-corrected chi connectivity index (χ4v) is 4.70. The monoisotopic (exact) mass is 404 g/mol. The molecule has 144 valence electrons. The van der Waals surface area contributed by atoms with E-state index in [2.05, 4.69) is 4.72 Å². The molecule has 1 saturated heterocycles. The Morgan fingerprint density at radius 2 is 1.81 bits per heavy atom. The highest BCUT2D eigenvalue weighted by molar-refractivity contribution is 7.98. The number of carbonyl (C=O) groups excluding carboxylic acids is 1. The maximum absolute atomic E-state index is 12.8. The molecule has 5 nitrogen and oxygen atoms in total. The van der Waals surface area contributed by atoms with Gasteiger partial charge < -0.3 is 4.90 Å². The molecular weight excluding hydrogens is 380 g/mol. The van der Waals surface area contributed by atoms with Crippen LogP contribution in [0.15, 0.2) is 52.3 Å². The van der Waals surface area contributed by atoms with Crippen LogP contribution in [-0.2, 0) is 10.0 Å². The third-order valence-corrected chi connectivity index (χ3v) is 6.82. The predicted molar refractivity (Wildman–Crippen MR) is 110 cm³/mol. The number of amides is 1. The number of aryl methyl sites for hydroxylation is 1. The Morgan fingerprint density at radius 3 is 2.52 bits per heavy atom. The summed E-state index contributed by atoms with van der Waals surface area (Å²) < 4.78 is 28.2. The van der Waals surface area contributed by atoms with Crippen molar-refractivity contribution in [2.45, 2.75) is 36.0 Å². The molecule has 3 rings (SSSR count). The maximum Gasteiger partial charge on any atom is 0.261 e. The third kappa shape index (κ3) is 4.65. The Labute approximate surface area is 165 Å². The quantitative estimate of drug-likeness (QED) is 0.761. The lowest BCUT2D eigenvalue weighted by Crippen LogP contribution is -2.36. The lowest BCUT2D eigenvalue weighted by molar-refractivity contribution is 0.0723. The van der Waals surface area contributed by atoms with E-state index in [4.69, 9.17) is 0 Å². The highest BCUT2D eigenvalue weighted by atomic mass is 32.2. The van der Waals surface area contributed by atoms with Crippen LogP contribution in [0.2, 0.25) is 0 Å². The zero-order valence-electron chi connectivity index (χ0n) is 15.6. The van der Waals surface area contributed by atoms with Gasteiger partial charge in [0.2, 0.25) is 0 Å². The SMILES string of the molecule is CSc1cccc(NS(=O)(=O)c2ccc(C)c(C(=O)N3CCCCC3)c2)c1. The van der Waals surface area contributed by atoms with Gasteiger partial charge in [0.15, 0.2) is 0 Å². The summed E-state index contributed by atoms with van der Waals surface area (Å²) in [5.41, 5.74) is 1.75. The third-order valence-electron chi connectivity index (χ3n) is 4.71. The van der Waals surface area contributed by atoms with Crippen LogP contribution >= 0.6 is 11.8 Å². The van der Waals surface area contributed by atoms with Crippen LogP contribution < -0.4 is 4.72 Å². The van der Waals surface area contributed by atoms with Gasteiger partial charge in [-0.15, -0.1) is 11.8 Å². The van der Waals surface area contributed by atoms with Crippen LogP contribution in [0.1, 0.15) is 35.2 Å². The minimum atomic E-state index is -3.77. The largest absolute Gasteiger partial charge is 0.339 e. The number of hydrogen-bond acceptors (Lipinski definition) is 4. The molecule has 1 heterocycles. The van der Waals surface area contributed by atoms with E-state index in [9.17, 15) is 13.2 Å². The molecule has 0 radical (unpaired) electrons. The molecule has 0 aromatic heterocycles. The first-order valence-corrected chi connectivity index (χ1v) is 11.7. The molecule has 1 aliphatic heterocycles. The van der Waals surface area contributed by atoms with Crippen LogP contribution in [0.4, 0.5) is 5.69 Å². The summed E-state index contributed by atoms with van der Waals surface area (Å²) in [6, 6.07) is 12.0. The Morgan fingerprint density at radius 1 is 1.07 bits per heavy atom. The number of piperidine rings is 1. The molecule has 2 aromatic carbocycles. The second-order valence-electron chi connectivity index (χ2n) is 6.67. The van der Waals surface area contributed by atoms with Gasteiger partial charge in [0, 0.05) is 29.2 Å². The molecule has 0 bridgehead atoms. The second-order valence-corrected chi connectivity index (χ2v) is 9.23. The summed E-state index contributed by atoms with van der Waals surface area (Å²) >= 11 is 1.54. The van der Waals surface area contributed by atoms with Crippen LogP contribution in [0.3, 0.4) is 0 Å². The fourth-order valence-electron chi connectivity index (χ4n) is 3.17. The molecule has 0 saturated carbocycles. The van der Waals surface area contributed by atoms with Gasteiger partial charge in [-0.3, -0.25) is 9.52 Å². The molecule has 0 unspecified atom stereocenters. The first-order chi connectivity index (χ1) is 12.9. The lowest BCUT2D eigenvalue weighted by atomic mass is 10.1. The molecule has 27 heavy (non-hydrogen) atoms. The Kier molecular flexibility index (Phi) is 6.11. The number of nitrogens with one attached hydrogen (secondary N) is 1. The van der Waals surface area contributed by atoms with Crippen LogP contribution in [0.5, 0.6) is 0 Å². The molecular formula is C20H24N2O3S2. The molecule has 1 aliphatic rings. The van der Waals surface area contributed by atoms with Crippen LogP contribution in [0.25, 0.3) is 0 Å². The van der Waals surface area contributed by atoms with E-state index in [0.717, 1.165) is 42.8 Å². The highest BCUT2D eigenvalue weighted by Crippen LogP contribution is 2.24. The van der Waals surface area contributed by atoms with E-state index < -0.39 is 10.0 Å². The normalized spacial score (nSPS) is 14.8. The van der Waals surface area contributed by atoms with Crippen LogP contribution in [0, 0.1) is 6.92 Å². The van der Waals surface area contributed by atoms with Crippen molar-refractivity contribution in [3.05, 3.63) is 53.6 Å². The van der Waals surface area contributed by atoms with E-state index in [1.54, 1.807) is 36.0 Å². The predicted octanol–water partition coefficient (Wildman–Crippen LogP) is 4.14. The number of benzene rings is 2. The zero-order chi connectivity index (χ0) is 19.4. The van der Waals surface area contributed by atoms with Gasteiger partial charge in [-0.05, 0) is 68.3 Å². The number of rotatable bonds is 5. The summed E-state index contributed by atoms with van der Waals surface area (Å²) in [5.74, 6) is -0.0892. The van der Waals surface area contributed by atoms with Gasteiger partial charge in [0.25, 0.3) is 15.9 Å². The summed E-state index contributed by atoms with van der Waals surface area (Å²) in [6.45, 7) is 3.30. The Hall–Kier alpha value is -1.99. The molecule has 7 heteroatoms. The van der Waals surface area contributed by atoms with Crippen molar-refractivity contribution in [3.8, 4) is 0 Å².